The molecular formula is C14H10BrClFN3S. The maximum Gasteiger partial charge on any atom is 0.225 e. The van der Waals surface area contributed by atoms with Crippen molar-refractivity contribution in [2.75, 3.05) is 5.32 Å². The minimum atomic E-state index is -0.310. The van der Waals surface area contributed by atoms with Gasteiger partial charge in [-0.1, -0.05) is 6.92 Å². The molecule has 0 amide bonds. The summed E-state index contributed by atoms with van der Waals surface area (Å²) in [6.07, 6.45) is 0.931. The summed E-state index contributed by atoms with van der Waals surface area (Å²) in [5.74, 6) is 0.315. The SMILES string of the molecule is CCc1cc2c(Nc3ccc(F)c(Br)c3)nc(Cl)nc2s1. The normalized spacial score (nSPS) is 11.0. The molecule has 0 saturated heterocycles. The van der Waals surface area contributed by atoms with E-state index in [1.54, 1.807) is 23.5 Å². The first-order valence-corrected chi connectivity index (χ1v) is 8.23. The van der Waals surface area contributed by atoms with Crippen LogP contribution in [0.15, 0.2) is 28.7 Å². The van der Waals surface area contributed by atoms with Crippen LogP contribution in [0.5, 0.6) is 0 Å². The maximum absolute atomic E-state index is 13.3. The summed E-state index contributed by atoms with van der Waals surface area (Å²) in [7, 11) is 0. The first-order valence-electron chi connectivity index (χ1n) is 6.25. The lowest BCUT2D eigenvalue weighted by Gasteiger charge is -2.07. The minimum Gasteiger partial charge on any atom is -0.340 e. The van der Waals surface area contributed by atoms with Crippen molar-refractivity contribution in [1.29, 1.82) is 0 Å². The van der Waals surface area contributed by atoms with E-state index in [0.29, 0.717) is 10.3 Å². The molecule has 7 heteroatoms. The van der Waals surface area contributed by atoms with Crippen LogP contribution in [-0.4, -0.2) is 9.97 Å². The summed E-state index contributed by atoms with van der Waals surface area (Å²) in [6.45, 7) is 2.09. The molecule has 0 aliphatic carbocycles. The molecule has 3 nitrogen and oxygen atoms in total. The number of thiophene rings is 1. The van der Waals surface area contributed by atoms with E-state index in [1.165, 1.54) is 10.9 Å². The minimum absolute atomic E-state index is 0.190. The molecule has 3 aromatic rings. The first kappa shape index (κ1) is 14.7. The van der Waals surface area contributed by atoms with Crippen LogP contribution in [0, 0.1) is 5.82 Å². The third kappa shape index (κ3) is 3.02. The lowest BCUT2D eigenvalue weighted by atomic mass is 10.3. The van der Waals surface area contributed by atoms with Gasteiger partial charge in [-0.25, -0.2) is 9.37 Å². The van der Waals surface area contributed by atoms with Gasteiger partial charge in [-0.05, 0) is 58.2 Å². The van der Waals surface area contributed by atoms with Crippen molar-refractivity contribution in [2.45, 2.75) is 13.3 Å². The second-order valence-corrected chi connectivity index (χ2v) is 6.69. The number of rotatable bonds is 3. The molecule has 3 rings (SSSR count). The standard InChI is InChI=1S/C14H10BrClFN3S/c1-2-8-6-9-12(19-14(16)20-13(9)21-8)18-7-3-4-11(17)10(15)5-7/h3-6H,2H2,1H3,(H,18,19,20). The van der Waals surface area contributed by atoms with E-state index in [0.717, 1.165) is 22.3 Å². The topological polar surface area (TPSA) is 37.8 Å². The zero-order chi connectivity index (χ0) is 15.0. The average molecular weight is 387 g/mol. The van der Waals surface area contributed by atoms with E-state index in [4.69, 9.17) is 11.6 Å². The Kier molecular flexibility index (Phi) is 4.10. The molecule has 2 heterocycles. The number of halogens is 3. The fraction of sp³-hybridized carbons (Fsp3) is 0.143. The molecule has 1 N–H and O–H groups in total. The van der Waals surface area contributed by atoms with E-state index in [1.807, 2.05) is 0 Å². The van der Waals surface area contributed by atoms with Gasteiger partial charge in [0.2, 0.25) is 5.28 Å². The Morgan fingerprint density at radius 2 is 2.14 bits per heavy atom. The second-order valence-electron chi connectivity index (χ2n) is 4.38. The zero-order valence-electron chi connectivity index (χ0n) is 11.0. The van der Waals surface area contributed by atoms with Gasteiger partial charge in [0, 0.05) is 10.6 Å². The lowest BCUT2D eigenvalue weighted by molar-refractivity contribution is 0.621. The van der Waals surface area contributed by atoms with Crippen LogP contribution in [-0.2, 0) is 6.42 Å². The van der Waals surface area contributed by atoms with Crippen LogP contribution in [0.4, 0.5) is 15.9 Å². The second kappa shape index (κ2) is 5.87. The van der Waals surface area contributed by atoms with E-state index in [2.05, 4.69) is 44.2 Å². The highest BCUT2D eigenvalue weighted by molar-refractivity contribution is 9.10. The molecule has 108 valence electrons. The Morgan fingerprint density at radius 3 is 2.86 bits per heavy atom. The summed E-state index contributed by atoms with van der Waals surface area (Å²) in [5.41, 5.74) is 0.726. The van der Waals surface area contributed by atoms with Crippen molar-refractivity contribution in [3.8, 4) is 0 Å². The highest BCUT2D eigenvalue weighted by Gasteiger charge is 2.11. The molecule has 0 spiro atoms. The van der Waals surface area contributed by atoms with Crippen molar-refractivity contribution >= 4 is 60.6 Å². The number of benzene rings is 1. The van der Waals surface area contributed by atoms with Crippen LogP contribution in [0.1, 0.15) is 11.8 Å². The molecule has 0 aliphatic heterocycles. The molecule has 1 aromatic carbocycles. The van der Waals surface area contributed by atoms with Gasteiger partial charge in [0.25, 0.3) is 0 Å². The van der Waals surface area contributed by atoms with Gasteiger partial charge in [-0.3, -0.25) is 0 Å². The predicted octanol–water partition coefficient (Wildman–Crippen LogP) is 5.55. The summed E-state index contributed by atoms with van der Waals surface area (Å²) >= 11 is 10.7. The number of fused-ring (bicyclic) bond motifs is 1. The van der Waals surface area contributed by atoms with Gasteiger partial charge in [0.15, 0.2) is 0 Å². The number of aromatic nitrogens is 2. The largest absolute Gasteiger partial charge is 0.340 e. The Balaban J connectivity index is 2.06. The van der Waals surface area contributed by atoms with E-state index >= 15 is 0 Å². The Bertz CT molecular complexity index is 821. The zero-order valence-corrected chi connectivity index (χ0v) is 14.1. The van der Waals surface area contributed by atoms with E-state index in [9.17, 15) is 4.39 Å². The smallest absolute Gasteiger partial charge is 0.225 e. The Morgan fingerprint density at radius 1 is 1.33 bits per heavy atom. The molecular weight excluding hydrogens is 377 g/mol. The van der Waals surface area contributed by atoms with Crippen molar-refractivity contribution in [3.05, 3.63) is 44.7 Å². The highest BCUT2D eigenvalue weighted by Crippen LogP contribution is 2.32. The molecule has 0 unspecified atom stereocenters. The fourth-order valence-corrected chi connectivity index (χ4v) is 3.49. The quantitative estimate of drug-likeness (QED) is 0.599. The monoisotopic (exact) mass is 385 g/mol. The first-order chi connectivity index (χ1) is 10.1. The highest BCUT2D eigenvalue weighted by atomic mass is 79.9. The average Bonchev–Trinajstić information content (AvgIpc) is 2.86. The van der Waals surface area contributed by atoms with Gasteiger partial charge in [-0.15, -0.1) is 11.3 Å². The molecule has 0 aliphatic rings. The third-order valence-corrected chi connectivity index (χ3v) is 4.90. The van der Waals surface area contributed by atoms with Crippen LogP contribution < -0.4 is 5.32 Å². The predicted molar refractivity (Wildman–Crippen MR) is 89.2 cm³/mol. The van der Waals surface area contributed by atoms with Crippen LogP contribution in [0.25, 0.3) is 10.2 Å². The molecule has 0 bridgehead atoms. The maximum atomic E-state index is 13.3. The number of hydrogen-bond acceptors (Lipinski definition) is 4. The summed E-state index contributed by atoms with van der Waals surface area (Å²) < 4.78 is 13.7. The molecule has 21 heavy (non-hydrogen) atoms. The number of anilines is 2. The van der Waals surface area contributed by atoms with Gasteiger partial charge < -0.3 is 5.32 Å². The van der Waals surface area contributed by atoms with Gasteiger partial charge in [-0.2, -0.15) is 4.98 Å². The fourth-order valence-electron chi connectivity index (χ4n) is 1.93. The van der Waals surface area contributed by atoms with Crippen molar-refractivity contribution < 1.29 is 4.39 Å². The number of aryl methyl sites for hydroxylation is 1. The molecule has 0 saturated carbocycles. The third-order valence-electron chi connectivity index (χ3n) is 2.95. The molecule has 0 radical (unpaired) electrons. The molecule has 0 fully saturated rings. The van der Waals surface area contributed by atoms with Crippen LogP contribution in [0.3, 0.4) is 0 Å². The van der Waals surface area contributed by atoms with Crippen molar-refractivity contribution in [1.82, 2.24) is 9.97 Å². The number of hydrogen-bond donors (Lipinski definition) is 1. The number of nitrogens with one attached hydrogen (secondary N) is 1. The van der Waals surface area contributed by atoms with Gasteiger partial charge in [0.05, 0.1) is 9.86 Å². The summed E-state index contributed by atoms with van der Waals surface area (Å²) in [4.78, 5) is 10.5. The Labute approximate surface area is 138 Å². The molecule has 2 aromatic heterocycles. The van der Waals surface area contributed by atoms with Crippen LogP contribution in [0.2, 0.25) is 5.28 Å². The Hall–Kier alpha value is -1.24. The lowest BCUT2D eigenvalue weighted by Crippen LogP contribution is -1.96. The van der Waals surface area contributed by atoms with Gasteiger partial charge >= 0.3 is 0 Å². The van der Waals surface area contributed by atoms with Crippen LogP contribution >= 0.6 is 38.9 Å². The summed E-state index contributed by atoms with van der Waals surface area (Å²) in [5, 5.41) is 4.28. The number of nitrogens with zero attached hydrogens (tertiary/aromatic N) is 2. The van der Waals surface area contributed by atoms with E-state index < -0.39 is 0 Å². The summed E-state index contributed by atoms with van der Waals surface area (Å²) in [6, 6.07) is 6.74. The van der Waals surface area contributed by atoms with E-state index in [-0.39, 0.29) is 11.1 Å². The van der Waals surface area contributed by atoms with Gasteiger partial charge in [0.1, 0.15) is 16.5 Å². The van der Waals surface area contributed by atoms with Crippen molar-refractivity contribution in [2.24, 2.45) is 0 Å². The van der Waals surface area contributed by atoms with Crippen molar-refractivity contribution in [3.63, 3.8) is 0 Å². The molecule has 0 atom stereocenters.